The van der Waals surface area contributed by atoms with E-state index < -0.39 is 10.0 Å². The van der Waals surface area contributed by atoms with Crippen LogP contribution in [0.25, 0.3) is 0 Å². The first-order chi connectivity index (χ1) is 13.8. The van der Waals surface area contributed by atoms with Crippen LogP contribution in [0.1, 0.15) is 24.5 Å². The van der Waals surface area contributed by atoms with Gasteiger partial charge in [-0.15, -0.1) is 0 Å². The number of aryl methyl sites for hydroxylation is 1. The molecule has 0 spiro atoms. The van der Waals surface area contributed by atoms with E-state index in [1.807, 2.05) is 13.8 Å². The molecule has 0 fully saturated rings. The van der Waals surface area contributed by atoms with E-state index >= 15 is 0 Å². The number of rotatable bonds is 11. The Morgan fingerprint density at radius 3 is 2.55 bits per heavy atom. The zero-order valence-corrected chi connectivity index (χ0v) is 18.3. The van der Waals surface area contributed by atoms with Crippen LogP contribution in [-0.4, -0.2) is 44.9 Å². The number of ether oxygens (including phenoxy) is 1. The summed E-state index contributed by atoms with van der Waals surface area (Å²) in [6.45, 7) is 5.15. The van der Waals surface area contributed by atoms with Crippen LogP contribution in [-0.2, 0) is 26.1 Å². The van der Waals surface area contributed by atoms with Crippen molar-refractivity contribution in [3.63, 3.8) is 0 Å². The van der Waals surface area contributed by atoms with Crippen molar-refractivity contribution in [2.75, 3.05) is 26.3 Å². The minimum atomic E-state index is -3.86. The van der Waals surface area contributed by atoms with Gasteiger partial charge in [0.1, 0.15) is 0 Å². The molecule has 158 valence electrons. The Balaban J connectivity index is 2.16. The second-order valence-corrected chi connectivity index (χ2v) is 8.99. The molecule has 6 nitrogen and oxygen atoms in total. The van der Waals surface area contributed by atoms with E-state index in [9.17, 15) is 13.2 Å². The Morgan fingerprint density at radius 1 is 1.17 bits per heavy atom. The third-order valence-electron chi connectivity index (χ3n) is 4.22. The molecule has 29 heavy (non-hydrogen) atoms. The molecule has 8 heteroatoms. The van der Waals surface area contributed by atoms with Crippen molar-refractivity contribution < 1.29 is 17.9 Å². The van der Waals surface area contributed by atoms with Crippen molar-refractivity contribution in [2.45, 2.75) is 31.7 Å². The molecule has 2 aromatic carbocycles. The summed E-state index contributed by atoms with van der Waals surface area (Å²) in [6, 6.07) is 13.5. The molecule has 0 aromatic heterocycles. The monoisotopic (exact) mass is 438 g/mol. The van der Waals surface area contributed by atoms with E-state index in [-0.39, 0.29) is 23.9 Å². The van der Waals surface area contributed by atoms with Crippen molar-refractivity contribution in [3.05, 3.63) is 64.7 Å². The fraction of sp³-hybridized carbons (Fsp3) is 0.381. The van der Waals surface area contributed by atoms with Crippen LogP contribution in [0.5, 0.6) is 0 Å². The van der Waals surface area contributed by atoms with Gasteiger partial charge in [0.2, 0.25) is 15.9 Å². The van der Waals surface area contributed by atoms with Gasteiger partial charge >= 0.3 is 0 Å². The summed E-state index contributed by atoms with van der Waals surface area (Å²) in [5.41, 5.74) is 1.66. The van der Waals surface area contributed by atoms with Crippen LogP contribution < -0.4 is 5.32 Å². The Labute approximate surface area is 177 Å². The number of amides is 1. The van der Waals surface area contributed by atoms with Crippen molar-refractivity contribution >= 4 is 27.5 Å². The van der Waals surface area contributed by atoms with Crippen LogP contribution in [0, 0.1) is 6.92 Å². The van der Waals surface area contributed by atoms with Crippen LogP contribution in [0.4, 0.5) is 0 Å². The molecule has 0 bridgehead atoms. The second kappa shape index (κ2) is 11.3. The number of benzene rings is 2. The molecule has 0 aliphatic rings. The molecule has 1 N–H and O–H groups in total. The maximum absolute atomic E-state index is 13.2. The number of carbonyl (C=O) groups is 1. The summed E-state index contributed by atoms with van der Waals surface area (Å²) < 4.78 is 32.8. The van der Waals surface area contributed by atoms with Crippen LogP contribution in [0.15, 0.2) is 53.4 Å². The van der Waals surface area contributed by atoms with E-state index in [4.69, 9.17) is 16.3 Å². The lowest BCUT2D eigenvalue weighted by molar-refractivity contribution is -0.121. The number of sulfonamides is 1. The first-order valence-electron chi connectivity index (χ1n) is 9.48. The first kappa shape index (κ1) is 23.3. The Kier molecular flexibility index (Phi) is 9.10. The van der Waals surface area contributed by atoms with Crippen molar-refractivity contribution in [1.29, 1.82) is 0 Å². The predicted molar refractivity (Wildman–Crippen MR) is 114 cm³/mol. The summed E-state index contributed by atoms with van der Waals surface area (Å²) in [5, 5.41) is 3.26. The topological polar surface area (TPSA) is 75.7 Å². The normalized spacial score (nSPS) is 11.6. The minimum absolute atomic E-state index is 0.0448. The van der Waals surface area contributed by atoms with Crippen LogP contribution in [0.3, 0.4) is 0 Å². The van der Waals surface area contributed by atoms with Gasteiger partial charge in [-0.2, -0.15) is 4.31 Å². The van der Waals surface area contributed by atoms with E-state index in [1.165, 1.54) is 4.31 Å². The minimum Gasteiger partial charge on any atom is -0.382 e. The van der Waals surface area contributed by atoms with Gasteiger partial charge in [-0.05, 0) is 50.1 Å². The Morgan fingerprint density at radius 2 is 1.90 bits per heavy atom. The lowest BCUT2D eigenvalue weighted by atomic mass is 10.2. The maximum atomic E-state index is 13.2. The van der Waals surface area contributed by atoms with Crippen molar-refractivity contribution in [1.82, 2.24) is 9.62 Å². The summed E-state index contributed by atoms with van der Waals surface area (Å²) in [7, 11) is -3.86. The third-order valence-corrected chi connectivity index (χ3v) is 6.26. The van der Waals surface area contributed by atoms with E-state index in [0.29, 0.717) is 36.8 Å². The molecule has 0 heterocycles. The lowest BCUT2D eigenvalue weighted by Crippen LogP contribution is -2.40. The molecule has 0 aliphatic carbocycles. The summed E-state index contributed by atoms with van der Waals surface area (Å²) in [5.74, 6) is -0.362. The molecule has 0 aliphatic heterocycles. The Bertz CT molecular complexity index is 901. The number of hydrogen-bond acceptors (Lipinski definition) is 4. The standard InChI is InChI=1S/C21H27ClN2O4S/c1-3-28-13-5-12-23-21(25)16-24(15-18-6-4-7-19(22)14-18)29(26,27)20-10-8-17(2)9-11-20/h4,6-11,14H,3,5,12-13,15-16H2,1-2H3,(H,23,25). The third kappa shape index (κ3) is 7.44. The highest BCUT2D eigenvalue weighted by Gasteiger charge is 2.26. The summed E-state index contributed by atoms with van der Waals surface area (Å²) in [6.07, 6.45) is 0.665. The van der Waals surface area contributed by atoms with Gasteiger partial charge in [-0.25, -0.2) is 8.42 Å². The zero-order chi connectivity index (χ0) is 21.3. The van der Waals surface area contributed by atoms with Crippen LogP contribution >= 0.6 is 11.6 Å². The van der Waals surface area contributed by atoms with Crippen molar-refractivity contribution in [3.8, 4) is 0 Å². The molecule has 0 radical (unpaired) electrons. The first-order valence-corrected chi connectivity index (χ1v) is 11.3. The number of nitrogens with zero attached hydrogens (tertiary/aromatic N) is 1. The molecule has 0 saturated carbocycles. The van der Waals surface area contributed by atoms with Gasteiger partial charge in [-0.1, -0.05) is 41.4 Å². The number of carbonyl (C=O) groups excluding carboxylic acids is 1. The van der Waals surface area contributed by atoms with Gasteiger partial charge in [0, 0.05) is 31.3 Å². The molecular weight excluding hydrogens is 412 g/mol. The number of hydrogen-bond donors (Lipinski definition) is 1. The highest BCUT2D eigenvalue weighted by Crippen LogP contribution is 2.20. The van der Waals surface area contributed by atoms with E-state index in [2.05, 4.69) is 5.32 Å². The fourth-order valence-corrected chi connectivity index (χ4v) is 4.28. The van der Waals surface area contributed by atoms with E-state index in [1.54, 1.807) is 48.5 Å². The lowest BCUT2D eigenvalue weighted by Gasteiger charge is -2.22. The smallest absolute Gasteiger partial charge is 0.243 e. The Hall–Kier alpha value is -1.93. The number of halogens is 1. The van der Waals surface area contributed by atoms with Crippen LogP contribution in [0.2, 0.25) is 5.02 Å². The molecular formula is C21H27ClN2O4S. The number of nitrogens with one attached hydrogen (secondary N) is 1. The SMILES string of the molecule is CCOCCCNC(=O)CN(Cc1cccc(Cl)c1)S(=O)(=O)c1ccc(C)cc1. The molecule has 2 rings (SSSR count). The van der Waals surface area contributed by atoms with Gasteiger partial charge in [0.25, 0.3) is 0 Å². The molecule has 2 aromatic rings. The van der Waals surface area contributed by atoms with Gasteiger partial charge < -0.3 is 10.1 Å². The average Bonchev–Trinajstić information content (AvgIpc) is 2.68. The molecule has 0 unspecified atom stereocenters. The molecule has 1 amide bonds. The second-order valence-electron chi connectivity index (χ2n) is 6.62. The molecule has 0 saturated heterocycles. The van der Waals surface area contributed by atoms with Gasteiger partial charge in [0.15, 0.2) is 0 Å². The van der Waals surface area contributed by atoms with Crippen molar-refractivity contribution in [2.24, 2.45) is 0 Å². The van der Waals surface area contributed by atoms with Gasteiger partial charge in [0.05, 0.1) is 11.4 Å². The average molecular weight is 439 g/mol. The predicted octanol–water partition coefficient (Wildman–Crippen LogP) is 3.38. The molecule has 0 atom stereocenters. The highest BCUT2D eigenvalue weighted by molar-refractivity contribution is 7.89. The van der Waals surface area contributed by atoms with E-state index in [0.717, 1.165) is 5.56 Å². The largest absolute Gasteiger partial charge is 0.382 e. The summed E-state index contributed by atoms with van der Waals surface area (Å²) >= 11 is 6.03. The summed E-state index contributed by atoms with van der Waals surface area (Å²) in [4.78, 5) is 12.5. The zero-order valence-electron chi connectivity index (χ0n) is 16.7. The fourth-order valence-electron chi connectivity index (χ4n) is 2.69. The highest BCUT2D eigenvalue weighted by atomic mass is 35.5. The maximum Gasteiger partial charge on any atom is 0.243 e. The quantitative estimate of drug-likeness (QED) is 0.545. The van der Waals surface area contributed by atoms with Gasteiger partial charge in [-0.3, -0.25) is 4.79 Å².